The summed E-state index contributed by atoms with van der Waals surface area (Å²) >= 11 is 0. The SMILES string of the molecule is CC(C)=CC(=N)NN. The molecule has 0 spiro atoms. The Labute approximate surface area is 49.1 Å². The van der Waals surface area contributed by atoms with Gasteiger partial charge in [0.1, 0.15) is 5.84 Å². The quantitative estimate of drug-likeness (QED) is 0.199. The van der Waals surface area contributed by atoms with Gasteiger partial charge in [-0.2, -0.15) is 0 Å². The van der Waals surface area contributed by atoms with Crippen molar-refractivity contribution in [3.8, 4) is 0 Å². The summed E-state index contributed by atoms with van der Waals surface area (Å²) in [5.74, 6) is 5.14. The Morgan fingerprint density at radius 1 is 1.62 bits per heavy atom. The highest BCUT2D eigenvalue weighted by atomic mass is 15.2. The van der Waals surface area contributed by atoms with Crippen molar-refractivity contribution < 1.29 is 0 Å². The van der Waals surface area contributed by atoms with Crippen molar-refractivity contribution in [1.29, 1.82) is 5.41 Å². The maximum Gasteiger partial charge on any atom is 0.132 e. The molecule has 0 aromatic carbocycles. The van der Waals surface area contributed by atoms with E-state index >= 15 is 0 Å². The van der Waals surface area contributed by atoms with E-state index in [-0.39, 0.29) is 5.84 Å². The van der Waals surface area contributed by atoms with Crippen LogP contribution in [-0.4, -0.2) is 5.84 Å². The van der Waals surface area contributed by atoms with Crippen LogP contribution in [0.5, 0.6) is 0 Å². The molecule has 0 fully saturated rings. The van der Waals surface area contributed by atoms with Gasteiger partial charge in [0, 0.05) is 0 Å². The number of rotatable bonds is 1. The van der Waals surface area contributed by atoms with Crippen molar-refractivity contribution in [2.24, 2.45) is 5.84 Å². The summed E-state index contributed by atoms with van der Waals surface area (Å²) in [6.45, 7) is 3.82. The minimum absolute atomic E-state index is 0.241. The van der Waals surface area contributed by atoms with E-state index in [0.29, 0.717) is 0 Å². The fraction of sp³-hybridized carbons (Fsp3) is 0.400. The lowest BCUT2D eigenvalue weighted by Crippen LogP contribution is -2.27. The molecule has 0 rings (SSSR count). The van der Waals surface area contributed by atoms with E-state index in [1.165, 1.54) is 0 Å². The molecule has 8 heavy (non-hydrogen) atoms. The molecule has 0 aromatic heterocycles. The fourth-order valence-corrected chi connectivity index (χ4v) is 0.330. The molecule has 0 heterocycles. The molecule has 0 aliphatic rings. The van der Waals surface area contributed by atoms with Gasteiger partial charge in [-0.25, -0.2) is 5.84 Å². The van der Waals surface area contributed by atoms with Crippen LogP contribution in [0.1, 0.15) is 13.8 Å². The Hall–Kier alpha value is -0.830. The Morgan fingerprint density at radius 2 is 2.12 bits per heavy atom. The van der Waals surface area contributed by atoms with Crippen molar-refractivity contribution in [3.63, 3.8) is 0 Å². The van der Waals surface area contributed by atoms with Gasteiger partial charge >= 0.3 is 0 Å². The molecular formula is C5H11N3. The van der Waals surface area contributed by atoms with E-state index in [2.05, 4.69) is 5.43 Å². The van der Waals surface area contributed by atoms with E-state index in [1.54, 1.807) is 6.08 Å². The van der Waals surface area contributed by atoms with E-state index in [1.807, 2.05) is 13.8 Å². The van der Waals surface area contributed by atoms with Gasteiger partial charge in [0.25, 0.3) is 0 Å². The fourth-order valence-electron chi connectivity index (χ4n) is 0.330. The molecular weight excluding hydrogens is 102 g/mol. The minimum atomic E-state index is 0.241. The Balaban J connectivity index is 3.70. The van der Waals surface area contributed by atoms with Crippen LogP contribution in [-0.2, 0) is 0 Å². The second-order valence-corrected chi connectivity index (χ2v) is 1.78. The highest BCUT2D eigenvalue weighted by Gasteiger charge is 1.81. The van der Waals surface area contributed by atoms with Crippen LogP contribution in [0.3, 0.4) is 0 Å². The van der Waals surface area contributed by atoms with Crippen LogP contribution >= 0.6 is 0 Å². The van der Waals surface area contributed by atoms with Gasteiger partial charge in [-0.15, -0.1) is 0 Å². The first-order valence-corrected chi connectivity index (χ1v) is 2.37. The maximum absolute atomic E-state index is 6.96. The summed E-state index contributed by atoms with van der Waals surface area (Å²) in [7, 11) is 0. The van der Waals surface area contributed by atoms with Gasteiger partial charge in [-0.05, 0) is 19.9 Å². The number of nitrogens with two attached hydrogens (primary N) is 1. The lowest BCUT2D eigenvalue weighted by molar-refractivity contribution is 1.02. The number of hydrazine groups is 1. The third-order valence-electron chi connectivity index (χ3n) is 0.589. The third-order valence-corrected chi connectivity index (χ3v) is 0.589. The first-order chi connectivity index (χ1) is 3.66. The third kappa shape index (κ3) is 3.36. The Kier molecular flexibility index (Phi) is 2.88. The lowest BCUT2D eigenvalue weighted by Gasteiger charge is -1.93. The van der Waals surface area contributed by atoms with E-state index in [9.17, 15) is 0 Å². The zero-order valence-electron chi connectivity index (χ0n) is 5.15. The summed E-state index contributed by atoms with van der Waals surface area (Å²) in [6.07, 6.45) is 1.65. The smallest absolute Gasteiger partial charge is 0.132 e. The van der Waals surface area contributed by atoms with Gasteiger partial charge < -0.3 is 5.43 Å². The number of hydrogen-bond acceptors (Lipinski definition) is 2. The molecule has 0 atom stereocenters. The molecule has 0 saturated heterocycles. The van der Waals surface area contributed by atoms with Crippen LogP contribution in [0.4, 0.5) is 0 Å². The zero-order valence-corrected chi connectivity index (χ0v) is 5.15. The highest BCUT2D eigenvalue weighted by molar-refractivity contribution is 5.90. The molecule has 46 valence electrons. The molecule has 0 unspecified atom stereocenters. The van der Waals surface area contributed by atoms with Gasteiger partial charge in [-0.1, -0.05) is 5.57 Å². The number of nitrogens with one attached hydrogen (secondary N) is 2. The molecule has 3 heteroatoms. The van der Waals surface area contributed by atoms with Gasteiger partial charge in [0.2, 0.25) is 0 Å². The molecule has 0 aliphatic carbocycles. The number of allylic oxidation sites excluding steroid dienone is 1. The molecule has 0 radical (unpaired) electrons. The van der Waals surface area contributed by atoms with Crippen molar-refractivity contribution >= 4 is 5.84 Å². The van der Waals surface area contributed by atoms with Gasteiger partial charge in [0.15, 0.2) is 0 Å². The summed E-state index contributed by atoms with van der Waals surface area (Å²) < 4.78 is 0. The topological polar surface area (TPSA) is 61.9 Å². The van der Waals surface area contributed by atoms with E-state index in [4.69, 9.17) is 11.3 Å². The molecule has 0 aromatic rings. The molecule has 0 aliphatic heterocycles. The predicted molar refractivity (Wildman–Crippen MR) is 34.5 cm³/mol. The minimum Gasteiger partial charge on any atom is -0.309 e. The van der Waals surface area contributed by atoms with Gasteiger partial charge in [0.05, 0.1) is 0 Å². The average Bonchev–Trinajstić information content (AvgIpc) is 1.65. The van der Waals surface area contributed by atoms with Crippen LogP contribution in [0.25, 0.3) is 0 Å². The first-order valence-electron chi connectivity index (χ1n) is 2.37. The highest BCUT2D eigenvalue weighted by Crippen LogP contribution is 1.85. The monoisotopic (exact) mass is 113 g/mol. The molecule has 0 bridgehead atoms. The predicted octanol–water partition coefficient (Wildman–Crippen LogP) is 0.393. The maximum atomic E-state index is 6.96. The molecule has 4 N–H and O–H groups in total. The van der Waals surface area contributed by atoms with Crippen LogP contribution in [0.2, 0.25) is 0 Å². The van der Waals surface area contributed by atoms with Crippen molar-refractivity contribution in [3.05, 3.63) is 11.6 Å². The van der Waals surface area contributed by atoms with Crippen molar-refractivity contribution in [2.45, 2.75) is 13.8 Å². The summed E-state index contributed by atoms with van der Waals surface area (Å²) in [4.78, 5) is 0. The molecule has 3 nitrogen and oxygen atoms in total. The van der Waals surface area contributed by atoms with Crippen molar-refractivity contribution in [1.82, 2.24) is 5.43 Å². The number of hydrogen-bond donors (Lipinski definition) is 3. The average molecular weight is 113 g/mol. The lowest BCUT2D eigenvalue weighted by atomic mass is 10.3. The van der Waals surface area contributed by atoms with Crippen molar-refractivity contribution in [2.75, 3.05) is 0 Å². The molecule has 0 saturated carbocycles. The summed E-state index contributed by atoms with van der Waals surface area (Å²) in [5.41, 5.74) is 3.27. The Morgan fingerprint density at radius 3 is 2.25 bits per heavy atom. The van der Waals surface area contributed by atoms with E-state index < -0.39 is 0 Å². The summed E-state index contributed by atoms with van der Waals surface area (Å²) in [6, 6.07) is 0. The van der Waals surface area contributed by atoms with Crippen LogP contribution < -0.4 is 11.3 Å². The second-order valence-electron chi connectivity index (χ2n) is 1.78. The first kappa shape index (κ1) is 7.17. The van der Waals surface area contributed by atoms with Crippen LogP contribution in [0.15, 0.2) is 11.6 Å². The largest absolute Gasteiger partial charge is 0.309 e. The zero-order chi connectivity index (χ0) is 6.57. The van der Waals surface area contributed by atoms with Gasteiger partial charge in [-0.3, -0.25) is 5.41 Å². The second kappa shape index (κ2) is 3.21. The van der Waals surface area contributed by atoms with E-state index in [0.717, 1.165) is 5.57 Å². The standard InChI is InChI=1S/C5H11N3/c1-4(2)3-5(6)8-7/h3H,7H2,1-2H3,(H2,6,8). The van der Waals surface area contributed by atoms with Crippen LogP contribution in [0, 0.1) is 5.41 Å². The Bertz CT molecular complexity index is 111. The number of amidine groups is 1. The normalized spacial score (nSPS) is 7.88. The molecule has 0 amide bonds. The summed E-state index contributed by atoms with van der Waals surface area (Å²) in [5, 5.41) is 6.96.